The van der Waals surface area contributed by atoms with E-state index in [0.717, 1.165) is 31.7 Å². The molecule has 0 aromatic heterocycles. The van der Waals surface area contributed by atoms with Crippen LogP contribution in [-0.2, 0) is 9.53 Å². The second kappa shape index (κ2) is 9.91. The standard InChI is InChI=1S/C18H28N2O2.ClH/c1-2-22-12-11-18(9-6-10-18)14-20-17(21)13-16(19)15-7-4-3-5-8-15;/h3-5,7-8,16H,2,6,9-14,19H2,1H3,(H,20,21);1H. The summed E-state index contributed by atoms with van der Waals surface area (Å²) in [5.74, 6) is 0.0408. The molecular formula is C18H29ClN2O2. The van der Waals surface area contributed by atoms with Gasteiger partial charge in [0.15, 0.2) is 0 Å². The van der Waals surface area contributed by atoms with E-state index in [4.69, 9.17) is 10.5 Å². The molecule has 1 aliphatic carbocycles. The molecule has 4 nitrogen and oxygen atoms in total. The number of nitrogens with one attached hydrogen (secondary N) is 1. The zero-order chi connectivity index (χ0) is 15.8. The van der Waals surface area contributed by atoms with Gasteiger partial charge in [-0.05, 0) is 37.2 Å². The lowest BCUT2D eigenvalue weighted by Crippen LogP contribution is -2.43. The van der Waals surface area contributed by atoms with Gasteiger partial charge in [0.25, 0.3) is 0 Å². The van der Waals surface area contributed by atoms with Gasteiger partial charge in [-0.25, -0.2) is 0 Å². The lowest BCUT2D eigenvalue weighted by atomic mass is 9.66. The molecule has 130 valence electrons. The molecule has 1 aliphatic rings. The van der Waals surface area contributed by atoms with Crippen LogP contribution in [0.3, 0.4) is 0 Å². The van der Waals surface area contributed by atoms with Crippen molar-refractivity contribution in [3.8, 4) is 0 Å². The Labute approximate surface area is 145 Å². The van der Waals surface area contributed by atoms with E-state index in [-0.39, 0.29) is 29.8 Å². The lowest BCUT2D eigenvalue weighted by Gasteiger charge is -2.42. The Kier molecular flexibility index (Phi) is 8.59. The number of amides is 1. The van der Waals surface area contributed by atoms with E-state index in [9.17, 15) is 4.79 Å². The third-order valence-corrected chi connectivity index (χ3v) is 4.69. The third-order valence-electron chi connectivity index (χ3n) is 4.69. The zero-order valence-corrected chi connectivity index (χ0v) is 14.7. The second-order valence-electron chi connectivity index (χ2n) is 6.30. The number of carbonyl (C=O) groups is 1. The Bertz CT molecular complexity index is 463. The highest BCUT2D eigenvalue weighted by atomic mass is 35.5. The van der Waals surface area contributed by atoms with Crippen molar-refractivity contribution < 1.29 is 9.53 Å². The Morgan fingerprint density at radius 2 is 2.04 bits per heavy atom. The first kappa shape index (κ1) is 19.9. The predicted octanol–water partition coefficient (Wildman–Crippen LogP) is 3.21. The molecule has 1 atom stereocenters. The minimum absolute atomic E-state index is 0. The smallest absolute Gasteiger partial charge is 0.221 e. The van der Waals surface area contributed by atoms with Crippen LogP contribution in [0.2, 0.25) is 0 Å². The van der Waals surface area contributed by atoms with Gasteiger partial charge in [0.05, 0.1) is 0 Å². The van der Waals surface area contributed by atoms with Gasteiger partial charge in [0.2, 0.25) is 5.91 Å². The number of hydrogen-bond acceptors (Lipinski definition) is 3. The summed E-state index contributed by atoms with van der Waals surface area (Å²) in [5.41, 5.74) is 7.36. The minimum atomic E-state index is -0.234. The first-order valence-electron chi connectivity index (χ1n) is 8.30. The number of halogens is 1. The fourth-order valence-corrected chi connectivity index (χ4v) is 3.00. The van der Waals surface area contributed by atoms with Gasteiger partial charge in [-0.3, -0.25) is 4.79 Å². The number of rotatable bonds is 9. The van der Waals surface area contributed by atoms with E-state index < -0.39 is 0 Å². The lowest BCUT2D eigenvalue weighted by molar-refractivity contribution is -0.122. The maximum absolute atomic E-state index is 12.1. The second-order valence-corrected chi connectivity index (χ2v) is 6.30. The van der Waals surface area contributed by atoms with Crippen LogP contribution in [0.4, 0.5) is 0 Å². The summed E-state index contributed by atoms with van der Waals surface area (Å²) in [6.07, 6.45) is 5.00. The van der Waals surface area contributed by atoms with Crippen LogP contribution in [-0.4, -0.2) is 25.7 Å². The topological polar surface area (TPSA) is 64.3 Å². The first-order chi connectivity index (χ1) is 10.7. The maximum atomic E-state index is 12.1. The molecule has 0 bridgehead atoms. The summed E-state index contributed by atoms with van der Waals surface area (Å²) in [6.45, 7) is 4.31. The summed E-state index contributed by atoms with van der Waals surface area (Å²) in [4.78, 5) is 12.1. The summed E-state index contributed by atoms with van der Waals surface area (Å²) in [5, 5.41) is 3.08. The van der Waals surface area contributed by atoms with Gasteiger partial charge in [-0.2, -0.15) is 0 Å². The minimum Gasteiger partial charge on any atom is -0.382 e. The van der Waals surface area contributed by atoms with Crippen molar-refractivity contribution in [2.75, 3.05) is 19.8 Å². The van der Waals surface area contributed by atoms with Crippen molar-refractivity contribution >= 4 is 18.3 Å². The molecule has 1 fully saturated rings. The van der Waals surface area contributed by atoms with Crippen LogP contribution in [0.5, 0.6) is 0 Å². The van der Waals surface area contributed by atoms with Gasteiger partial charge < -0.3 is 15.8 Å². The average molecular weight is 341 g/mol. The molecule has 0 radical (unpaired) electrons. The van der Waals surface area contributed by atoms with E-state index in [0.29, 0.717) is 6.42 Å². The number of benzene rings is 1. The van der Waals surface area contributed by atoms with Gasteiger partial charge in [0.1, 0.15) is 0 Å². The largest absolute Gasteiger partial charge is 0.382 e. The molecule has 1 aromatic rings. The van der Waals surface area contributed by atoms with Gasteiger partial charge in [-0.1, -0.05) is 36.8 Å². The fourth-order valence-electron chi connectivity index (χ4n) is 3.00. The summed E-state index contributed by atoms with van der Waals surface area (Å²) in [7, 11) is 0. The monoisotopic (exact) mass is 340 g/mol. The van der Waals surface area contributed by atoms with Crippen molar-refractivity contribution in [3.05, 3.63) is 35.9 Å². The molecule has 0 aliphatic heterocycles. The molecule has 23 heavy (non-hydrogen) atoms. The van der Waals surface area contributed by atoms with E-state index in [1.54, 1.807) is 0 Å². The van der Waals surface area contributed by atoms with E-state index in [1.807, 2.05) is 37.3 Å². The maximum Gasteiger partial charge on any atom is 0.221 e. The van der Waals surface area contributed by atoms with Gasteiger partial charge >= 0.3 is 0 Å². The molecule has 5 heteroatoms. The zero-order valence-electron chi connectivity index (χ0n) is 13.9. The molecule has 1 amide bonds. The molecule has 0 spiro atoms. The van der Waals surface area contributed by atoms with Crippen molar-refractivity contribution in [1.82, 2.24) is 5.32 Å². The Hall–Kier alpha value is -1.10. The van der Waals surface area contributed by atoms with Gasteiger partial charge in [0, 0.05) is 32.2 Å². The molecular weight excluding hydrogens is 312 g/mol. The number of nitrogens with two attached hydrogens (primary N) is 1. The Balaban J connectivity index is 0.00000264. The highest BCUT2D eigenvalue weighted by Crippen LogP contribution is 2.43. The molecule has 1 unspecified atom stereocenters. The highest BCUT2D eigenvalue weighted by Gasteiger charge is 2.36. The predicted molar refractivity (Wildman–Crippen MR) is 95.6 cm³/mol. The quantitative estimate of drug-likeness (QED) is 0.678. The summed E-state index contributed by atoms with van der Waals surface area (Å²) < 4.78 is 5.46. The average Bonchev–Trinajstić information content (AvgIpc) is 2.50. The number of ether oxygens (including phenoxy) is 1. The van der Waals surface area contributed by atoms with E-state index in [1.165, 1.54) is 19.3 Å². The molecule has 0 saturated heterocycles. The molecule has 0 heterocycles. The van der Waals surface area contributed by atoms with E-state index in [2.05, 4.69) is 5.32 Å². The van der Waals surface area contributed by atoms with Crippen LogP contribution >= 0.6 is 12.4 Å². The third kappa shape index (κ3) is 6.13. The van der Waals surface area contributed by atoms with Crippen molar-refractivity contribution in [1.29, 1.82) is 0 Å². The van der Waals surface area contributed by atoms with E-state index >= 15 is 0 Å². The number of hydrogen-bond donors (Lipinski definition) is 2. The Morgan fingerprint density at radius 3 is 2.61 bits per heavy atom. The fraction of sp³-hybridized carbons (Fsp3) is 0.611. The molecule has 1 aromatic carbocycles. The molecule has 1 saturated carbocycles. The van der Waals surface area contributed by atoms with Gasteiger partial charge in [-0.15, -0.1) is 12.4 Å². The van der Waals surface area contributed by atoms with Crippen molar-refractivity contribution in [2.24, 2.45) is 11.1 Å². The highest BCUT2D eigenvalue weighted by molar-refractivity contribution is 5.85. The van der Waals surface area contributed by atoms with Crippen LogP contribution in [0.15, 0.2) is 30.3 Å². The van der Waals surface area contributed by atoms with Crippen LogP contribution in [0, 0.1) is 5.41 Å². The first-order valence-corrected chi connectivity index (χ1v) is 8.30. The Morgan fingerprint density at radius 1 is 1.35 bits per heavy atom. The molecule has 2 rings (SSSR count). The van der Waals surface area contributed by atoms with Crippen molar-refractivity contribution in [3.63, 3.8) is 0 Å². The van der Waals surface area contributed by atoms with Crippen molar-refractivity contribution in [2.45, 2.75) is 45.1 Å². The summed E-state index contributed by atoms with van der Waals surface area (Å²) >= 11 is 0. The van der Waals surface area contributed by atoms with Crippen LogP contribution < -0.4 is 11.1 Å². The SMILES string of the molecule is CCOCCC1(CNC(=O)CC(N)c2ccccc2)CCC1.Cl. The molecule has 3 N–H and O–H groups in total. The summed E-state index contributed by atoms with van der Waals surface area (Å²) in [6, 6.07) is 9.55. The normalized spacial score (nSPS) is 16.8. The number of carbonyl (C=O) groups excluding carboxylic acids is 1. The van der Waals surface area contributed by atoms with Crippen LogP contribution in [0.25, 0.3) is 0 Å². The van der Waals surface area contributed by atoms with Crippen LogP contribution in [0.1, 0.15) is 50.6 Å².